The van der Waals surface area contributed by atoms with Crippen LogP contribution in [0.1, 0.15) is 20.8 Å². The third-order valence-corrected chi connectivity index (χ3v) is 4.70. The number of carboxylic acid groups (broad SMARTS) is 1. The minimum atomic E-state index is -3.19. The maximum Gasteiger partial charge on any atom is 0.364 e. The summed E-state index contributed by atoms with van der Waals surface area (Å²) in [4.78, 5) is 10.6. The fraction of sp³-hybridized carbons (Fsp3) is 0.857. The Kier molecular flexibility index (Phi) is 4.50. The molecule has 0 aromatic carbocycles. The Morgan fingerprint density at radius 2 is 2.08 bits per heavy atom. The Hall–Kier alpha value is -0.340. The second-order valence-electron chi connectivity index (χ2n) is 2.45. The lowest BCUT2D eigenvalue weighted by atomic mass is 10.8. The van der Waals surface area contributed by atoms with E-state index >= 15 is 0 Å². The van der Waals surface area contributed by atoms with Gasteiger partial charge in [-0.1, -0.05) is 6.92 Å². The molecule has 0 spiro atoms. The summed E-state index contributed by atoms with van der Waals surface area (Å²) >= 11 is 0. The molecular formula is C7H15O4P. The van der Waals surface area contributed by atoms with E-state index in [1.807, 2.05) is 0 Å². The molecule has 0 aliphatic rings. The Morgan fingerprint density at radius 1 is 1.58 bits per heavy atom. The Balaban J connectivity index is 4.52. The maximum atomic E-state index is 11.6. The fourth-order valence-electron chi connectivity index (χ4n) is 0.910. The monoisotopic (exact) mass is 194 g/mol. The van der Waals surface area contributed by atoms with Gasteiger partial charge in [-0.3, -0.25) is 0 Å². The van der Waals surface area contributed by atoms with Crippen LogP contribution in [0.3, 0.4) is 0 Å². The van der Waals surface area contributed by atoms with Gasteiger partial charge >= 0.3 is 5.71 Å². The van der Waals surface area contributed by atoms with Crippen molar-refractivity contribution in [3.8, 4) is 0 Å². The molecule has 0 rings (SSSR count). The van der Waals surface area contributed by atoms with E-state index in [0.717, 1.165) is 0 Å². The van der Waals surface area contributed by atoms with Crippen LogP contribution < -0.4 is 0 Å². The van der Waals surface area contributed by atoms with Gasteiger partial charge in [-0.15, -0.1) is 0 Å². The molecule has 0 saturated heterocycles. The average molecular weight is 194 g/mol. The normalized spacial score (nSPS) is 18.2. The zero-order chi connectivity index (χ0) is 9.78. The molecule has 0 amide bonds. The van der Waals surface area contributed by atoms with Crippen molar-refractivity contribution in [1.29, 1.82) is 0 Å². The molecule has 2 atom stereocenters. The van der Waals surface area contributed by atoms with Gasteiger partial charge in [-0.2, -0.15) is 0 Å². The summed E-state index contributed by atoms with van der Waals surface area (Å²) in [5.74, 6) is -0.676. The van der Waals surface area contributed by atoms with Gasteiger partial charge in [0, 0.05) is 12.8 Å². The minimum absolute atomic E-state index is 0.142. The molecule has 0 aliphatic heterocycles. The van der Waals surface area contributed by atoms with Crippen LogP contribution in [0.4, 0.5) is 4.79 Å². The second-order valence-corrected chi connectivity index (χ2v) is 5.78. The van der Waals surface area contributed by atoms with Crippen molar-refractivity contribution in [3.63, 3.8) is 0 Å². The van der Waals surface area contributed by atoms with E-state index in [-0.39, 0.29) is 6.16 Å². The van der Waals surface area contributed by atoms with Crippen LogP contribution in [0.5, 0.6) is 0 Å². The van der Waals surface area contributed by atoms with Crippen LogP contribution in [0, 0.1) is 0 Å². The predicted octanol–water partition coefficient (Wildman–Crippen LogP) is 2.43. The first-order chi connectivity index (χ1) is 5.49. The summed E-state index contributed by atoms with van der Waals surface area (Å²) in [7, 11) is -3.19. The summed E-state index contributed by atoms with van der Waals surface area (Å²) < 4.78 is 16.7. The van der Waals surface area contributed by atoms with Crippen LogP contribution in [0.25, 0.3) is 0 Å². The van der Waals surface area contributed by atoms with Crippen LogP contribution in [0.15, 0.2) is 0 Å². The molecule has 0 heterocycles. The van der Waals surface area contributed by atoms with Crippen molar-refractivity contribution in [2.24, 2.45) is 0 Å². The zero-order valence-electron chi connectivity index (χ0n) is 7.61. The first-order valence-corrected chi connectivity index (χ1v) is 5.89. The molecule has 0 radical (unpaired) electrons. The van der Waals surface area contributed by atoms with Crippen molar-refractivity contribution in [2.75, 3.05) is 12.8 Å². The zero-order valence-corrected chi connectivity index (χ0v) is 8.51. The van der Waals surface area contributed by atoms with Crippen molar-refractivity contribution in [3.05, 3.63) is 0 Å². The van der Waals surface area contributed by atoms with Gasteiger partial charge in [0.1, 0.15) is 5.85 Å². The SMILES string of the molecule is CCOC(C)P(=O)(CC)C(=O)O. The van der Waals surface area contributed by atoms with E-state index in [1.165, 1.54) is 0 Å². The summed E-state index contributed by atoms with van der Waals surface area (Å²) in [6.45, 7) is 5.28. The molecule has 72 valence electrons. The first-order valence-electron chi connectivity index (χ1n) is 3.92. The van der Waals surface area contributed by atoms with E-state index in [1.54, 1.807) is 20.8 Å². The number of hydrogen-bond acceptors (Lipinski definition) is 3. The molecule has 2 unspecified atom stereocenters. The summed E-state index contributed by atoms with van der Waals surface area (Å²) in [5.41, 5.74) is -1.23. The molecule has 1 N–H and O–H groups in total. The van der Waals surface area contributed by atoms with Crippen LogP contribution in [-0.4, -0.2) is 29.4 Å². The van der Waals surface area contributed by atoms with Crippen molar-refractivity contribution in [1.82, 2.24) is 0 Å². The lowest BCUT2D eigenvalue weighted by molar-refractivity contribution is 0.127. The standard InChI is InChI=1S/C7H15O4P/c1-4-11-6(3)12(10,5-2)7(8)9/h6H,4-5H2,1-3H3,(H,8,9). The predicted molar refractivity (Wildman–Crippen MR) is 47.3 cm³/mol. The van der Waals surface area contributed by atoms with Gasteiger partial charge in [-0.25, -0.2) is 4.79 Å². The van der Waals surface area contributed by atoms with Gasteiger partial charge in [0.15, 0.2) is 0 Å². The summed E-state index contributed by atoms with van der Waals surface area (Å²) in [6, 6.07) is 0. The fourth-order valence-corrected chi connectivity index (χ4v) is 2.40. The molecule has 4 nitrogen and oxygen atoms in total. The average Bonchev–Trinajstić information content (AvgIpc) is 2.03. The number of carbonyl (C=O) groups is 1. The first kappa shape index (κ1) is 11.7. The molecule has 12 heavy (non-hydrogen) atoms. The van der Waals surface area contributed by atoms with Crippen LogP contribution in [0.2, 0.25) is 0 Å². The molecule has 0 saturated carbocycles. The highest BCUT2D eigenvalue weighted by molar-refractivity contribution is 7.80. The highest BCUT2D eigenvalue weighted by atomic mass is 31.2. The molecule has 0 aliphatic carbocycles. The van der Waals surface area contributed by atoms with Crippen molar-refractivity contribution in [2.45, 2.75) is 26.6 Å². The van der Waals surface area contributed by atoms with E-state index < -0.39 is 18.7 Å². The summed E-state index contributed by atoms with van der Waals surface area (Å²) in [6.07, 6.45) is 0.142. The van der Waals surface area contributed by atoms with Gasteiger partial charge in [0.25, 0.3) is 0 Å². The number of rotatable bonds is 5. The van der Waals surface area contributed by atoms with Gasteiger partial charge in [0.2, 0.25) is 7.14 Å². The van der Waals surface area contributed by atoms with Gasteiger partial charge < -0.3 is 14.4 Å². The lowest BCUT2D eigenvalue weighted by Crippen LogP contribution is -2.15. The highest BCUT2D eigenvalue weighted by Crippen LogP contribution is 2.51. The quantitative estimate of drug-likeness (QED) is 0.682. The summed E-state index contributed by atoms with van der Waals surface area (Å²) in [5, 5.41) is 8.69. The van der Waals surface area contributed by atoms with Crippen molar-refractivity contribution < 1.29 is 19.2 Å². The topological polar surface area (TPSA) is 63.6 Å². The molecule has 0 fully saturated rings. The van der Waals surface area contributed by atoms with E-state index in [9.17, 15) is 9.36 Å². The van der Waals surface area contributed by atoms with Crippen molar-refractivity contribution >= 4 is 12.9 Å². The van der Waals surface area contributed by atoms with E-state index in [2.05, 4.69) is 0 Å². The van der Waals surface area contributed by atoms with E-state index in [0.29, 0.717) is 6.61 Å². The molecule has 0 aromatic heterocycles. The number of ether oxygens (including phenoxy) is 1. The van der Waals surface area contributed by atoms with Crippen LogP contribution in [-0.2, 0) is 9.30 Å². The smallest absolute Gasteiger partial charge is 0.364 e. The van der Waals surface area contributed by atoms with Gasteiger partial charge in [0.05, 0.1) is 0 Å². The van der Waals surface area contributed by atoms with Crippen LogP contribution >= 0.6 is 7.14 Å². The minimum Gasteiger partial charge on any atom is -0.476 e. The van der Waals surface area contributed by atoms with Gasteiger partial charge in [-0.05, 0) is 13.8 Å². The third-order valence-electron chi connectivity index (χ3n) is 1.79. The largest absolute Gasteiger partial charge is 0.476 e. The molecule has 0 aromatic rings. The molecular weight excluding hydrogens is 179 g/mol. The Morgan fingerprint density at radius 3 is 2.33 bits per heavy atom. The molecule has 0 bridgehead atoms. The maximum absolute atomic E-state index is 11.6. The third kappa shape index (κ3) is 2.32. The lowest BCUT2D eigenvalue weighted by Gasteiger charge is -2.18. The second kappa shape index (κ2) is 4.63. The molecule has 5 heteroatoms. The number of hydrogen-bond donors (Lipinski definition) is 1. The highest BCUT2D eigenvalue weighted by Gasteiger charge is 2.36. The van der Waals surface area contributed by atoms with E-state index in [4.69, 9.17) is 9.84 Å². The Bertz CT molecular complexity index is 202. The Labute approximate surface area is 72.3 Å².